The predicted octanol–water partition coefficient (Wildman–Crippen LogP) is 4.58. The zero-order chi connectivity index (χ0) is 39.7. The van der Waals surface area contributed by atoms with Gasteiger partial charge in [0.1, 0.15) is 0 Å². The molecule has 1 heterocycles. The van der Waals surface area contributed by atoms with Gasteiger partial charge in [0.2, 0.25) is 6.23 Å². The maximum absolute atomic E-state index is 13.2. The highest BCUT2D eigenvalue weighted by atomic mass is 17.0. The number of imidazole rings is 1. The molecular formula is C35H42N8O12. The standard InChI is InChI=1S/C35H42N8O12/c1-3-50-34-38-30-14-10-13-29(33(44)51-19-6-8-21-53-42(46)47)31(30)40(34)23-25-15-17-26(18-16-25)27-11-4-5-12-28(27)32(36)39-41(37)24(2)55-35(45)52-20-7-9-22-54-43(48)49/h4-5,10-18,24H,3,6-9,19-23,37H2,1-2H3,(H2,36,39). The van der Waals surface area contributed by atoms with Crippen LogP contribution in [0.15, 0.2) is 71.8 Å². The third-order valence-electron chi connectivity index (χ3n) is 7.82. The SMILES string of the molecule is CCOc1nc2cccc(C(=O)OCCCCO[N+](=O)[O-])c2n1Cc1ccc(-c2ccccc2/C(N)=N/N(N)C(C)OC(=O)OCCCCO[N+](=O)[O-])cc1. The van der Waals surface area contributed by atoms with Crippen LogP contribution >= 0.6 is 0 Å². The molecule has 4 rings (SSSR count). The lowest BCUT2D eigenvalue weighted by molar-refractivity contribution is -0.757. The van der Waals surface area contributed by atoms with Gasteiger partial charge < -0.3 is 34.4 Å². The van der Waals surface area contributed by atoms with E-state index in [0.29, 0.717) is 67.0 Å². The Hall–Kier alpha value is -6.70. The van der Waals surface area contributed by atoms with Crippen LogP contribution < -0.4 is 16.3 Å². The number of benzene rings is 3. The summed E-state index contributed by atoms with van der Waals surface area (Å²) in [5.74, 6) is 5.52. The van der Waals surface area contributed by atoms with Crippen molar-refractivity contribution in [2.75, 3.05) is 33.0 Å². The van der Waals surface area contributed by atoms with E-state index in [1.54, 1.807) is 34.9 Å². The molecule has 0 saturated heterocycles. The molecular weight excluding hydrogens is 724 g/mol. The number of ether oxygens (including phenoxy) is 4. The molecule has 55 heavy (non-hydrogen) atoms. The number of fused-ring (bicyclic) bond motifs is 1. The van der Waals surface area contributed by atoms with Gasteiger partial charge in [-0.15, -0.1) is 25.3 Å². The first-order valence-corrected chi connectivity index (χ1v) is 17.2. The number of carbonyl (C=O) groups is 2. The maximum atomic E-state index is 13.2. The molecule has 0 aliphatic heterocycles. The van der Waals surface area contributed by atoms with E-state index in [0.717, 1.165) is 21.8 Å². The van der Waals surface area contributed by atoms with Crippen molar-refractivity contribution in [3.8, 4) is 17.1 Å². The van der Waals surface area contributed by atoms with Crippen LogP contribution in [-0.2, 0) is 30.4 Å². The van der Waals surface area contributed by atoms with Gasteiger partial charge >= 0.3 is 12.1 Å². The van der Waals surface area contributed by atoms with E-state index in [1.807, 2.05) is 43.3 Å². The highest BCUT2D eigenvalue weighted by Crippen LogP contribution is 2.29. The first-order chi connectivity index (χ1) is 26.5. The number of hydrazine groups is 1. The molecule has 0 aliphatic rings. The number of carbonyl (C=O) groups excluding carboxylic acids is 2. The van der Waals surface area contributed by atoms with Gasteiger partial charge in [-0.3, -0.25) is 4.57 Å². The number of para-hydroxylation sites is 1. The van der Waals surface area contributed by atoms with Gasteiger partial charge in [-0.05, 0) is 68.4 Å². The Labute approximate surface area is 314 Å². The second-order valence-corrected chi connectivity index (χ2v) is 11.7. The Balaban J connectivity index is 1.45. The number of amidine groups is 1. The molecule has 20 heteroatoms. The number of hydrogen-bond donors (Lipinski definition) is 2. The molecule has 1 aromatic heterocycles. The van der Waals surface area contributed by atoms with Crippen LogP contribution in [-0.4, -0.2) is 82.1 Å². The summed E-state index contributed by atoms with van der Waals surface area (Å²) >= 11 is 0. The van der Waals surface area contributed by atoms with E-state index in [9.17, 15) is 29.8 Å². The van der Waals surface area contributed by atoms with Crippen LogP contribution in [0, 0.1) is 20.2 Å². The molecule has 4 N–H and O–H groups in total. The summed E-state index contributed by atoms with van der Waals surface area (Å²) in [4.78, 5) is 58.9. The molecule has 1 unspecified atom stereocenters. The molecule has 0 amide bonds. The Morgan fingerprint density at radius 1 is 0.873 bits per heavy atom. The predicted molar refractivity (Wildman–Crippen MR) is 195 cm³/mol. The molecule has 0 fully saturated rings. The smallest absolute Gasteiger partial charge is 0.465 e. The number of nitrogens with zero attached hydrogens (tertiary/aromatic N) is 6. The number of unbranched alkanes of at least 4 members (excludes halogenated alkanes) is 2. The summed E-state index contributed by atoms with van der Waals surface area (Å²) in [7, 11) is 0. The Kier molecular flexibility index (Phi) is 15.3. The number of rotatable bonds is 22. The monoisotopic (exact) mass is 766 g/mol. The Morgan fingerprint density at radius 3 is 2.15 bits per heavy atom. The summed E-state index contributed by atoms with van der Waals surface area (Å²) in [5, 5.41) is 23.9. The summed E-state index contributed by atoms with van der Waals surface area (Å²) in [6.45, 7) is 3.77. The Morgan fingerprint density at radius 2 is 1.49 bits per heavy atom. The molecule has 0 saturated carbocycles. The fourth-order valence-corrected chi connectivity index (χ4v) is 5.22. The number of hydrazone groups is 1. The Bertz CT molecular complexity index is 1950. The highest BCUT2D eigenvalue weighted by Gasteiger charge is 2.21. The largest absolute Gasteiger partial charge is 0.510 e. The molecule has 0 radical (unpaired) electrons. The third-order valence-corrected chi connectivity index (χ3v) is 7.82. The van der Waals surface area contributed by atoms with E-state index in [1.165, 1.54) is 6.92 Å². The van der Waals surface area contributed by atoms with Gasteiger partial charge in [-0.25, -0.2) is 15.4 Å². The molecule has 0 bridgehead atoms. The number of aromatic nitrogens is 2. The van der Waals surface area contributed by atoms with Gasteiger partial charge in [-0.2, -0.15) is 10.1 Å². The summed E-state index contributed by atoms with van der Waals surface area (Å²) in [6, 6.07) is 20.4. The van der Waals surface area contributed by atoms with Crippen LogP contribution in [0.2, 0.25) is 0 Å². The van der Waals surface area contributed by atoms with Crippen molar-refractivity contribution in [1.29, 1.82) is 0 Å². The minimum atomic E-state index is -1.05. The van der Waals surface area contributed by atoms with Crippen molar-refractivity contribution < 1.29 is 48.4 Å². The highest BCUT2D eigenvalue weighted by molar-refractivity contribution is 6.03. The van der Waals surface area contributed by atoms with Gasteiger partial charge in [0.15, 0.2) is 5.84 Å². The molecule has 294 valence electrons. The quantitative estimate of drug-likeness (QED) is 0.0162. The lowest BCUT2D eigenvalue weighted by Crippen LogP contribution is -2.40. The van der Waals surface area contributed by atoms with E-state index in [-0.39, 0.29) is 32.3 Å². The minimum absolute atomic E-state index is 0.0359. The number of hydrogen-bond acceptors (Lipinski definition) is 16. The van der Waals surface area contributed by atoms with Crippen LogP contribution in [0.25, 0.3) is 22.2 Å². The van der Waals surface area contributed by atoms with E-state index in [2.05, 4.69) is 19.8 Å². The van der Waals surface area contributed by atoms with Crippen LogP contribution in [0.3, 0.4) is 0 Å². The number of nitrogens with two attached hydrogens (primary N) is 2. The molecule has 0 spiro atoms. The van der Waals surface area contributed by atoms with Gasteiger partial charge in [-0.1, -0.05) is 54.6 Å². The van der Waals surface area contributed by atoms with Crippen molar-refractivity contribution in [1.82, 2.24) is 14.7 Å². The molecule has 3 aromatic carbocycles. The van der Waals surface area contributed by atoms with Crippen molar-refractivity contribution in [3.63, 3.8) is 0 Å². The van der Waals surface area contributed by atoms with E-state index >= 15 is 0 Å². The van der Waals surface area contributed by atoms with Crippen LogP contribution in [0.1, 0.15) is 61.0 Å². The summed E-state index contributed by atoms with van der Waals surface area (Å²) in [5.41, 5.74) is 10.7. The zero-order valence-corrected chi connectivity index (χ0v) is 30.2. The maximum Gasteiger partial charge on any atom is 0.510 e. The molecule has 20 nitrogen and oxygen atoms in total. The van der Waals surface area contributed by atoms with E-state index in [4.69, 9.17) is 30.5 Å². The lowest BCUT2D eigenvalue weighted by atomic mass is 9.98. The first kappa shape index (κ1) is 41.1. The average Bonchev–Trinajstić information content (AvgIpc) is 3.50. The molecule has 0 aliphatic carbocycles. The molecule has 4 aromatic rings. The first-order valence-electron chi connectivity index (χ1n) is 17.2. The third kappa shape index (κ3) is 12.2. The second-order valence-electron chi connectivity index (χ2n) is 11.7. The lowest BCUT2D eigenvalue weighted by Gasteiger charge is -2.21. The van der Waals surface area contributed by atoms with Crippen molar-refractivity contribution in [3.05, 3.63) is 104 Å². The van der Waals surface area contributed by atoms with Crippen molar-refractivity contribution in [2.24, 2.45) is 16.7 Å². The van der Waals surface area contributed by atoms with Crippen LogP contribution in [0.4, 0.5) is 4.79 Å². The van der Waals surface area contributed by atoms with Crippen LogP contribution in [0.5, 0.6) is 6.01 Å². The summed E-state index contributed by atoms with van der Waals surface area (Å²) in [6.07, 6.45) is -0.689. The van der Waals surface area contributed by atoms with Gasteiger partial charge in [0.05, 0.1) is 56.2 Å². The fraction of sp³-hybridized carbons (Fsp3) is 0.371. The average molecular weight is 767 g/mol. The summed E-state index contributed by atoms with van der Waals surface area (Å²) < 4.78 is 23.2. The zero-order valence-electron chi connectivity index (χ0n) is 30.2. The van der Waals surface area contributed by atoms with Gasteiger partial charge in [0.25, 0.3) is 16.2 Å². The van der Waals surface area contributed by atoms with Gasteiger partial charge in [0, 0.05) is 5.56 Å². The second kappa shape index (κ2) is 20.5. The minimum Gasteiger partial charge on any atom is -0.465 e. The number of esters is 1. The topological polar surface area (TPSA) is 261 Å². The van der Waals surface area contributed by atoms with E-state index < -0.39 is 28.5 Å². The van der Waals surface area contributed by atoms with Crippen molar-refractivity contribution in [2.45, 2.75) is 52.3 Å². The van der Waals surface area contributed by atoms with Crippen molar-refractivity contribution >= 4 is 29.0 Å². The molecule has 1 atom stereocenters. The fourth-order valence-electron chi connectivity index (χ4n) is 5.22. The normalized spacial score (nSPS) is 11.7.